The summed E-state index contributed by atoms with van der Waals surface area (Å²) in [6, 6.07) is 0. The summed E-state index contributed by atoms with van der Waals surface area (Å²) in [5, 5.41) is 0. The Balaban J connectivity index is 1.24. The van der Waals surface area contributed by atoms with Crippen LogP contribution in [-0.4, -0.2) is 12.7 Å². The number of ether oxygens (including phenoxy) is 1. The average molecular weight is 405 g/mol. The highest BCUT2D eigenvalue weighted by molar-refractivity contribution is 4.82. The van der Waals surface area contributed by atoms with E-state index in [0.717, 1.165) is 36.2 Å². The van der Waals surface area contributed by atoms with E-state index in [9.17, 15) is 0 Å². The van der Waals surface area contributed by atoms with Crippen LogP contribution in [-0.2, 0) is 4.74 Å². The Labute approximate surface area is 183 Å². The van der Waals surface area contributed by atoms with Gasteiger partial charge in [-0.15, -0.1) is 0 Å². The fourth-order valence-electron chi connectivity index (χ4n) is 6.81. The molecule has 29 heavy (non-hydrogen) atoms. The normalized spacial score (nSPS) is 36.2. The third-order valence-corrected chi connectivity index (χ3v) is 8.99. The van der Waals surface area contributed by atoms with Crippen molar-refractivity contribution in [3.05, 3.63) is 0 Å². The molecule has 0 saturated heterocycles. The van der Waals surface area contributed by atoms with Crippen molar-refractivity contribution in [1.29, 1.82) is 0 Å². The molecule has 0 radical (unpaired) electrons. The van der Waals surface area contributed by atoms with E-state index in [4.69, 9.17) is 4.74 Å². The van der Waals surface area contributed by atoms with Crippen molar-refractivity contribution in [3.8, 4) is 0 Å². The van der Waals surface area contributed by atoms with E-state index >= 15 is 0 Å². The second kappa shape index (κ2) is 13.4. The fourth-order valence-corrected chi connectivity index (χ4v) is 6.81. The van der Waals surface area contributed by atoms with Gasteiger partial charge in [0.05, 0.1) is 6.10 Å². The molecule has 0 unspecified atom stereocenters. The number of rotatable bonds is 11. The number of unbranched alkanes of at least 4 members (excludes halogenated alkanes) is 3. The van der Waals surface area contributed by atoms with E-state index in [0.29, 0.717) is 6.10 Å². The molecule has 0 amide bonds. The van der Waals surface area contributed by atoms with E-state index in [1.54, 1.807) is 12.8 Å². The van der Waals surface area contributed by atoms with Gasteiger partial charge < -0.3 is 4.74 Å². The molecule has 0 N–H and O–H groups in total. The first kappa shape index (κ1) is 23.6. The van der Waals surface area contributed by atoms with Gasteiger partial charge in [-0.05, 0) is 93.8 Å². The second-order valence-electron chi connectivity index (χ2n) is 11.2. The van der Waals surface area contributed by atoms with E-state index in [1.165, 1.54) is 109 Å². The zero-order valence-corrected chi connectivity index (χ0v) is 20.0. The summed E-state index contributed by atoms with van der Waals surface area (Å²) in [6.45, 7) is 5.73. The van der Waals surface area contributed by atoms with Crippen LogP contribution in [0.3, 0.4) is 0 Å². The summed E-state index contributed by atoms with van der Waals surface area (Å²) in [4.78, 5) is 0. The predicted octanol–water partition coefficient (Wildman–Crippen LogP) is 8.95. The molecule has 3 aliphatic rings. The van der Waals surface area contributed by atoms with Crippen molar-refractivity contribution >= 4 is 0 Å². The lowest BCUT2D eigenvalue weighted by Gasteiger charge is -2.38. The van der Waals surface area contributed by atoms with E-state index in [1.807, 2.05) is 0 Å². The Morgan fingerprint density at radius 3 is 1.55 bits per heavy atom. The standard InChI is InChI=1S/C28H52O/c1-3-5-7-9-24-14-20-28(21-15-24)29-22-25-12-18-27(19-13-25)26-16-10-23(11-17-26)8-6-4-2/h23-28H,3-22H2,1-2H3. The Morgan fingerprint density at radius 2 is 1.00 bits per heavy atom. The van der Waals surface area contributed by atoms with Gasteiger partial charge in [0, 0.05) is 6.61 Å². The summed E-state index contributed by atoms with van der Waals surface area (Å²) < 4.78 is 6.43. The third-order valence-electron chi connectivity index (χ3n) is 8.99. The number of hydrogen-bond acceptors (Lipinski definition) is 1. The minimum absolute atomic E-state index is 0.591. The first-order valence-electron chi connectivity index (χ1n) is 13.9. The minimum atomic E-state index is 0.591. The van der Waals surface area contributed by atoms with Crippen molar-refractivity contribution in [2.75, 3.05) is 6.61 Å². The van der Waals surface area contributed by atoms with Crippen LogP contribution >= 0.6 is 0 Å². The van der Waals surface area contributed by atoms with Gasteiger partial charge in [-0.3, -0.25) is 0 Å². The van der Waals surface area contributed by atoms with Crippen LogP contribution in [0, 0.1) is 29.6 Å². The second-order valence-corrected chi connectivity index (χ2v) is 11.2. The predicted molar refractivity (Wildman–Crippen MR) is 126 cm³/mol. The van der Waals surface area contributed by atoms with Gasteiger partial charge in [0.1, 0.15) is 0 Å². The molecule has 1 nitrogen and oxygen atoms in total. The molecule has 170 valence electrons. The molecule has 3 saturated carbocycles. The Hall–Kier alpha value is -0.0400. The van der Waals surface area contributed by atoms with Crippen molar-refractivity contribution < 1.29 is 4.74 Å². The summed E-state index contributed by atoms with van der Waals surface area (Å²) in [7, 11) is 0. The molecular weight excluding hydrogens is 352 g/mol. The van der Waals surface area contributed by atoms with Crippen LogP contribution in [0.1, 0.15) is 136 Å². The maximum absolute atomic E-state index is 6.43. The average Bonchev–Trinajstić information content (AvgIpc) is 2.78. The van der Waals surface area contributed by atoms with Crippen LogP contribution in [0.15, 0.2) is 0 Å². The lowest BCUT2D eigenvalue weighted by atomic mass is 9.69. The molecule has 1 heteroatoms. The van der Waals surface area contributed by atoms with Crippen molar-refractivity contribution in [1.82, 2.24) is 0 Å². The Morgan fingerprint density at radius 1 is 0.517 bits per heavy atom. The molecule has 3 aliphatic carbocycles. The molecule has 0 atom stereocenters. The van der Waals surface area contributed by atoms with Gasteiger partial charge in [-0.25, -0.2) is 0 Å². The SMILES string of the molecule is CCCCCC1CCC(OCC2CCC(C3CCC(CCCC)CC3)CC2)CC1. The maximum atomic E-state index is 6.43. The molecule has 3 rings (SSSR count). The van der Waals surface area contributed by atoms with E-state index in [-0.39, 0.29) is 0 Å². The lowest BCUT2D eigenvalue weighted by Crippen LogP contribution is -2.29. The summed E-state index contributed by atoms with van der Waals surface area (Å²) in [6.07, 6.45) is 28.3. The molecule has 0 aromatic rings. The zero-order chi connectivity index (χ0) is 20.3. The molecule has 0 spiro atoms. The van der Waals surface area contributed by atoms with Crippen molar-refractivity contribution in [2.24, 2.45) is 29.6 Å². The van der Waals surface area contributed by atoms with E-state index in [2.05, 4.69) is 13.8 Å². The van der Waals surface area contributed by atoms with Crippen molar-refractivity contribution in [3.63, 3.8) is 0 Å². The Bertz CT molecular complexity index is 395. The van der Waals surface area contributed by atoms with Crippen LogP contribution < -0.4 is 0 Å². The molecule has 0 aliphatic heterocycles. The van der Waals surface area contributed by atoms with Crippen LogP contribution in [0.25, 0.3) is 0 Å². The van der Waals surface area contributed by atoms with Gasteiger partial charge in [0.2, 0.25) is 0 Å². The van der Waals surface area contributed by atoms with Crippen LogP contribution in [0.5, 0.6) is 0 Å². The van der Waals surface area contributed by atoms with Gasteiger partial charge in [-0.2, -0.15) is 0 Å². The molecule has 0 bridgehead atoms. The van der Waals surface area contributed by atoms with E-state index < -0.39 is 0 Å². The van der Waals surface area contributed by atoms with Gasteiger partial charge >= 0.3 is 0 Å². The lowest BCUT2D eigenvalue weighted by molar-refractivity contribution is -0.0130. The van der Waals surface area contributed by atoms with Gasteiger partial charge in [-0.1, -0.05) is 71.6 Å². The summed E-state index contributed by atoms with van der Waals surface area (Å²) in [5.41, 5.74) is 0. The highest BCUT2D eigenvalue weighted by Crippen LogP contribution is 2.42. The Kier molecular flexibility index (Phi) is 10.9. The largest absolute Gasteiger partial charge is 0.378 e. The summed E-state index contributed by atoms with van der Waals surface area (Å²) in [5.74, 6) is 5.07. The monoisotopic (exact) mass is 404 g/mol. The molecule has 3 fully saturated rings. The third kappa shape index (κ3) is 8.19. The topological polar surface area (TPSA) is 9.23 Å². The maximum Gasteiger partial charge on any atom is 0.0575 e. The molecule has 0 aromatic heterocycles. The molecule has 0 heterocycles. The minimum Gasteiger partial charge on any atom is -0.378 e. The highest BCUT2D eigenvalue weighted by atomic mass is 16.5. The molecule has 0 aromatic carbocycles. The first-order valence-corrected chi connectivity index (χ1v) is 13.9. The zero-order valence-electron chi connectivity index (χ0n) is 20.0. The first-order chi connectivity index (χ1) is 14.3. The van der Waals surface area contributed by atoms with Gasteiger partial charge in [0.15, 0.2) is 0 Å². The van der Waals surface area contributed by atoms with Gasteiger partial charge in [0.25, 0.3) is 0 Å². The number of hydrogen-bond donors (Lipinski definition) is 0. The van der Waals surface area contributed by atoms with Crippen molar-refractivity contribution in [2.45, 2.75) is 142 Å². The fraction of sp³-hybridized carbons (Fsp3) is 1.00. The molecular formula is C28H52O. The summed E-state index contributed by atoms with van der Waals surface area (Å²) >= 11 is 0. The smallest absolute Gasteiger partial charge is 0.0575 e. The van der Waals surface area contributed by atoms with Crippen LogP contribution in [0.4, 0.5) is 0 Å². The quantitative estimate of drug-likeness (QED) is 0.312. The highest BCUT2D eigenvalue weighted by Gasteiger charge is 2.31. The van der Waals surface area contributed by atoms with Crippen LogP contribution in [0.2, 0.25) is 0 Å².